The molecular weight excluding hydrogens is 271 g/mol. The van der Waals surface area contributed by atoms with Crippen molar-refractivity contribution in [1.82, 2.24) is 0 Å². The molecule has 1 aromatic carbocycles. The van der Waals surface area contributed by atoms with E-state index in [1.807, 2.05) is 12.1 Å². The molecule has 3 unspecified atom stereocenters. The predicted octanol–water partition coefficient (Wildman–Crippen LogP) is 4.60. The van der Waals surface area contributed by atoms with Crippen LogP contribution in [0, 0.1) is 11.8 Å². The van der Waals surface area contributed by atoms with Gasteiger partial charge in [0, 0.05) is 0 Å². The third-order valence-corrected chi connectivity index (χ3v) is 4.57. The van der Waals surface area contributed by atoms with Crippen molar-refractivity contribution in [1.29, 1.82) is 0 Å². The van der Waals surface area contributed by atoms with Crippen molar-refractivity contribution in [3.05, 3.63) is 33.8 Å². The number of carbonyl (C=O) groups is 1. The monoisotopic (exact) mass is 286 g/mol. The van der Waals surface area contributed by atoms with E-state index in [-0.39, 0.29) is 5.92 Å². The Labute approximate surface area is 117 Å². The van der Waals surface area contributed by atoms with E-state index in [2.05, 4.69) is 6.92 Å². The first-order valence-electron chi connectivity index (χ1n) is 6.21. The lowest BCUT2D eigenvalue weighted by Gasteiger charge is -2.17. The van der Waals surface area contributed by atoms with Gasteiger partial charge in [-0.05, 0) is 42.7 Å². The van der Waals surface area contributed by atoms with Crippen LogP contribution in [-0.4, -0.2) is 11.1 Å². The topological polar surface area (TPSA) is 37.3 Å². The lowest BCUT2D eigenvalue weighted by atomic mass is 9.90. The number of benzene rings is 1. The van der Waals surface area contributed by atoms with E-state index in [4.69, 9.17) is 28.3 Å². The summed E-state index contributed by atoms with van der Waals surface area (Å²) >= 11 is 12.2. The summed E-state index contributed by atoms with van der Waals surface area (Å²) in [5.74, 6) is -0.239. The van der Waals surface area contributed by atoms with Crippen LogP contribution >= 0.6 is 23.2 Å². The van der Waals surface area contributed by atoms with E-state index in [0.29, 0.717) is 21.9 Å². The maximum absolute atomic E-state index is 10.9. The largest absolute Gasteiger partial charge is 0.481 e. The molecule has 98 valence electrons. The van der Waals surface area contributed by atoms with Gasteiger partial charge in [-0.1, -0.05) is 42.3 Å². The van der Waals surface area contributed by atoms with Gasteiger partial charge >= 0.3 is 5.97 Å². The van der Waals surface area contributed by atoms with Gasteiger partial charge in [-0.2, -0.15) is 0 Å². The molecule has 1 fully saturated rings. The van der Waals surface area contributed by atoms with E-state index in [0.717, 1.165) is 24.8 Å². The summed E-state index contributed by atoms with van der Waals surface area (Å²) in [5, 5.41) is 10.1. The van der Waals surface area contributed by atoms with Crippen LogP contribution in [0.15, 0.2) is 18.2 Å². The summed E-state index contributed by atoms with van der Waals surface area (Å²) in [5.41, 5.74) is 1.04. The Hall–Kier alpha value is -0.730. The van der Waals surface area contributed by atoms with Crippen LogP contribution in [-0.2, 0) is 4.79 Å². The fraction of sp³-hybridized carbons (Fsp3) is 0.500. The van der Waals surface area contributed by atoms with Crippen LogP contribution in [0.2, 0.25) is 10.0 Å². The quantitative estimate of drug-likeness (QED) is 0.859. The molecule has 18 heavy (non-hydrogen) atoms. The maximum atomic E-state index is 10.9. The van der Waals surface area contributed by atoms with Crippen molar-refractivity contribution < 1.29 is 9.90 Å². The molecule has 1 saturated carbocycles. The minimum absolute atomic E-state index is 0.156. The second-order valence-electron chi connectivity index (χ2n) is 4.92. The van der Waals surface area contributed by atoms with Crippen molar-refractivity contribution in [3.8, 4) is 0 Å². The highest BCUT2D eigenvalue weighted by molar-refractivity contribution is 6.42. The first-order chi connectivity index (χ1) is 8.54. The Kier molecular flexibility index (Phi) is 4.18. The molecule has 0 bridgehead atoms. The predicted molar refractivity (Wildman–Crippen MR) is 73.3 cm³/mol. The summed E-state index contributed by atoms with van der Waals surface area (Å²) in [6, 6.07) is 5.66. The molecule has 0 aliphatic heterocycles. The lowest BCUT2D eigenvalue weighted by Crippen LogP contribution is -2.04. The lowest BCUT2D eigenvalue weighted by molar-refractivity contribution is -0.138. The van der Waals surface area contributed by atoms with Gasteiger partial charge in [-0.3, -0.25) is 4.79 Å². The van der Waals surface area contributed by atoms with Crippen LogP contribution in [0.3, 0.4) is 0 Å². The minimum Gasteiger partial charge on any atom is -0.481 e. The minimum atomic E-state index is -0.674. The number of halogens is 2. The van der Waals surface area contributed by atoms with Crippen LogP contribution in [0.4, 0.5) is 0 Å². The fourth-order valence-electron chi connectivity index (χ4n) is 2.53. The van der Waals surface area contributed by atoms with Gasteiger partial charge in [0.1, 0.15) is 0 Å². The number of hydrogen-bond donors (Lipinski definition) is 1. The average molecular weight is 287 g/mol. The van der Waals surface area contributed by atoms with Crippen molar-refractivity contribution in [2.75, 3.05) is 0 Å². The summed E-state index contributed by atoms with van der Waals surface area (Å²) in [6.07, 6.45) is 2.63. The third kappa shape index (κ3) is 2.81. The summed E-state index contributed by atoms with van der Waals surface area (Å²) in [7, 11) is 0. The standard InChI is InChI=1S/C14H16Cl2O2/c1-2-8(6-9-7-11(9)14(17)18)10-4-3-5-12(15)13(10)16/h3-5,8-9,11H,2,6-7H2,1H3,(H,17,18). The van der Waals surface area contributed by atoms with Crippen LogP contribution < -0.4 is 0 Å². The van der Waals surface area contributed by atoms with Crippen molar-refractivity contribution in [3.63, 3.8) is 0 Å². The van der Waals surface area contributed by atoms with Crippen molar-refractivity contribution in [2.45, 2.75) is 32.1 Å². The molecule has 0 heterocycles. The van der Waals surface area contributed by atoms with E-state index >= 15 is 0 Å². The van der Waals surface area contributed by atoms with Crippen molar-refractivity contribution >= 4 is 29.2 Å². The average Bonchev–Trinajstić information content (AvgIpc) is 3.09. The molecule has 0 radical (unpaired) electrons. The summed E-state index contributed by atoms with van der Waals surface area (Å²) in [4.78, 5) is 10.9. The normalized spacial score (nSPS) is 23.7. The molecule has 2 rings (SSSR count). The molecule has 1 aliphatic carbocycles. The second-order valence-corrected chi connectivity index (χ2v) is 5.71. The third-order valence-electron chi connectivity index (χ3n) is 3.74. The van der Waals surface area contributed by atoms with E-state index in [1.54, 1.807) is 6.07 Å². The zero-order valence-corrected chi connectivity index (χ0v) is 11.7. The molecule has 4 heteroatoms. The highest BCUT2D eigenvalue weighted by Crippen LogP contribution is 2.47. The number of carboxylic acid groups (broad SMARTS) is 1. The molecule has 0 saturated heterocycles. The highest BCUT2D eigenvalue weighted by Gasteiger charge is 2.44. The Morgan fingerprint density at radius 1 is 1.50 bits per heavy atom. The molecular formula is C14H16Cl2O2. The molecule has 0 spiro atoms. The zero-order valence-electron chi connectivity index (χ0n) is 10.2. The molecule has 0 aromatic heterocycles. The van der Waals surface area contributed by atoms with Gasteiger partial charge in [0.25, 0.3) is 0 Å². The maximum Gasteiger partial charge on any atom is 0.306 e. The first kappa shape index (κ1) is 13.7. The number of rotatable bonds is 5. The van der Waals surface area contributed by atoms with Gasteiger partial charge in [0.2, 0.25) is 0 Å². The number of carboxylic acids is 1. The smallest absolute Gasteiger partial charge is 0.306 e. The molecule has 1 N–H and O–H groups in total. The van der Waals surface area contributed by atoms with Gasteiger partial charge in [-0.15, -0.1) is 0 Å². The van der Waals surface area contributed by atoms with Crippen LogP contribution in [0.5, 0.6) is 0 Å². The Morgan fingerprint density at radius 2 is 2.22 bits per heavy atom. The number of hydrogen-bond acceptors (Lipinski definition) is 1. The molecule has 2 nitrogen and oxygen atoms in total. The molecule has 3 atom stereocenters. The van der Waals surface area contributed by atoms with Gasteiger partial charge < -0.3 is 5.11 Å². The highest BCUT2D eigenvalue weighted by atomic mass is 35.5. The molecule has 0 amide bonds. The molecule has 1 aliphatic rings. The summed E-state index contributed by atoms with van der Waals surface area (Å²) < 4.78 is 0. The number of aliphatic carboxylic acids is 1. The first-order valence-corrected chi connectivity index (χ1v) is 6.96. The second kappa shape index (κ2) is 5.50. The Morgan fingerprint density at radius 3 is 2.78 bits per heavy atom. The van der Waals surface area contributed by atoms with E-state index in [1.165, 1.54) is 0 Å². The van der Waals surface area contributed by atoms with E-state index < -0.39 is 5.97 Å². The van der Waals surface area contributed by atoms with Crippen molar-refractivity contribution in [2.24, 2.45) is 11.8 Å². The molecule has 1 aromatic rings. The van der Waals surface area contributed by atoms with E-state index in [9.17, 15) is 4.79 Å². The van der Waals surface area contributed by atoms with Gasteiger partial charge in [-0.25, -0.2) is 0 Å². The fourth-order valence-corrected chi connectivity index (χ4v) is 2.99. The Balaban J connectivity index is 2.10. The van der Waals surface area contributed by atoms with Crippen LogP contribution in [0.1, 0.15) is 37.7 Å². The van der Waals surface area contributed by atoms with Crippen LogP contribution in [0.25, 0.3) is 0 Å². The zero-order chi connectivity index (χ0) is 13.3. The summed E-state index contributed by atoms with van der Waals surface area (Å²) in [6.45, 7) is 2.10. The Bertz CT molecular complexity index is 459. The van der Waals surface area contributed by atoms with Gasteiger partial charge in [0.05, 0.1) is 16.0 Å². The van der Waals surface area contributed by atoms with Gasteiger partial charge in [0.15, 0.2) is 0 Å². The SMILES string of the molecule is CCC(CC1CC1C(=O)O)c1cccc(Cl)c1Cl.